The van der Waals surface area contributed by atoms with Crippen molar-refractivity contribution in [2.24, 2.45) is 5.92 Å². The van der Waals surface area contributed by atoms with Crippen molar-refractivity contribution in [2.75, 3.05) is 19.6 Å². The predicted molar refractivity (Wildman–Crippen MR) is 84.9 cm³/mol. The van der Waals surface area contributed by atoms with E-state index in [1.54, 1.807) is 0 Å². The van der Waals surface area contributed by atoms with Crippen LogP contribution in [0.25, 0.3) is 0 Å². The van der Waals surface area contributed by atoms with Crippen LogP contribution in [0.2, 0.25) is 0 Å². The topological polar surface area (TPSA) is 15.3 Å². The number of nitrogens with zero attached hydrogens (tertiary/aromatic N) is 1. The van der Waals surface area contributed by atoms with Crippen LogP contribution in [0, 0.1) is 5.92 Å². The molecule has 2 nitrogen and oxygen atoms in total. The fourth-order valence-electron chi connectivity index (χ4n) is 3.41. The van der Waals surface area contributed by atoms with E-state index in [-0.39, 0.29) is 0 Å². The van der Waals surface area contributed by atoms with E-state index in [4.69, 9.17) is 0 Å². The molecule has 20 heavy (non-hydrogen) atoms. The van der Waals surface area contributed by atoms with Crippen LogP contribution in [-0.2, 0) is 6.42 Å². The van der Waals surface area contributed by atoms with Crippen molar-refractivity contribution in [3.63, 3.8) is 0 Å². The molecule has 0 amide bonds. The highest BCUT2D eigenvalue weighted by atomic mass is 15.2. The van der Waals surface area contributed by atoms with Gasteiger partial charge in [0, 0.05) is 18.6 Å². The van der Waals surface area contributed by atoms with Gasteiger partial charge >= 0.3 is 0 Å². The SMILES string of the molecule is CC1CCNC(C2CC2)CN1CCCc1ccccc1. The fraction of sp³-hybridized carbons (Fsp3) is 0.667. The van der Waals surface area contributed by atoms with E-state index >= 15 is 0 Å². The first-order valence-corrected chi connectivity index (χ1v) is 8.34. The Morgan fingerprint density at radius 3 is 2.70 bits per heavy atom. The van der Waals surface area contributed by atoms with E-state index in [0.29, 0.717) is 0 Å². The summed E-state index contributed by atoms with van der Waals surface area (Å²) in [7, 11) is 0. The molecule has 2 fully saturated rings. The lowest BCUT2D eigenvalue weighted by Gasteiger charge is -2.29. The van der Waals surface area contributed by atoms with E-state index in [1.165, 1.54) is 57.3 Å². The molecule has 1 aromatic carbocycles. The summed E-state index contributed by atoms with van der Waals surface area (Å²) in [5.41, 5.74) is 1.48. The molecular weight excluding hydrogens is 244 g/mol. The second-order valence-corrected chi connectivity index (χ2v) is 6.62. The maximum absolute atomic E-state index is 3.77. The number of hydrogen-bond donors (Lipinski definition) is 1. The van der Waals surface area contributed by atoms with Crippen LogP contribution in [0.1, 0.15) is 38.2 Å². The van der Waals surface area contributed by atoms with Gasteiger partial charge in [-0.1, -0.05) is 30.3 Å². The first kappa shape index (κ1) is 14.1. The molecule has 0 bridgehead atoms. The largest absolute Gasteiger partial charge is 0.312 e. The lowest BCUT2D eigenvalue weighted by molar-refractivity contribution is 0.197. The molecule has 0 radical (unpaired) electrons. The van der Waals surface area contributed by atoms with E-state index in [9.17, 15) is 0 Å². The van der Waals surface area contributed by atoms with Crippen LogP contribution < -0.4 is 5.32 Å². The monoisotopic (exact) mass is 272 g/mol. The summed E-state index contributed by atoms with van der Waals surface area (Å²) >= 11 is 0. The lowest BCUT2D eigenvalue weighted by atomic mass is 10.1. The maximum atomic E-state index is 3.77. The smallest absolute Gasteiger partial charge is 0.0223 e. The molecule has 1 aromatic rings. The summed E-state index contributed by atoms with van der Waals surface area (Å²) in [5.74, 6) is 0.969. The molecule has 1 saturated carbocycles. The van der Waals surface area contributed by atoms with E-state index in [2.05, 4.69) is 47.5 Å². The van der Waals surface area contributed by atoms with Gasteiger partial charge in [0.2, 0.25) is 0 Å². The quantitative estimate of drug-likeness (QED) is 0.886. The van der Waals surface area contributed by atoms with Gasteiger partial charge in [-0.2, -0.15) is 0 Å². The molecular formula is C18H28N2. The molecule has 1 N–H and O–H groups in total. The Morgan fingerprint density at radius 2 is 1.95 bits per heavy atom. The number of nitrogens with one attached hydrogen (secondary N) is 1. The third-order valence-corrected chi connectivity index (χ3v) is 4.97. The van der Waals surface area contributed by atoms with Gasteiger partial charge in [-0.25, -0.2) is 0 Å². The minimum atomic E-state index is 0.738. The van der Waals surface area contributed by atoms with Crippen molar-refractivity contribution in [3.05, 3.63) is 35.9 Å². The average Bonchev–Trinajstić information content (AvgIpc) is 3.29. The Hall–Kier alpha value is -0.860. The third-order valence-electron chi connectivity index (χ3n) is 4.97. The summed E-state index contributed by atoms with van der Waals surface area (Å²) in [6, 6.07) is 12.4. The Bertz CT molecular complexity index is 399. The third kappa shape index (κ3) is 3.83. The van der Waals surface area contributed by atoms with Gasteiger partial charge in [-0.15, -0.1) is 0 Å². The van der Waals surface area contributed by atoms with Gasteiger partial charge in [0.15, 0.2) is 0 Å². The molecule has 110 valence electrons. The second kappa shape index (κ2) is 6.73. The van der Waals surface area contributed by atoms with Crippen LogP contribution >= 0.6 is 0 Å². The Balaban J connectivity index is 1.49. The standard InChI is InChI=1S/C18H28N2/c1-15-11-12-19-18(17-9-10-17)14-20(15)13-5-8-16-6-3-2-4-7-16/h2-4,6-7,15,17-19H,5,8-14H2,1H3. The molecule has 2 heteroatoms. The van der Waals surface area contributed by atoms with E-state index < -0.39 is 0 Å². The first-order valence-electron chi connectivity index (χ1n) is 8.34. The Kier molecular flexibility index (Phi) is 4.74. The van der Waals surface area contributed by atoms with E-state index in [1.807, 2.05) is 0 Å². The van der Waals surface area contributed by atoms with Gasteiger partial charge < -0.3 is 5.32 Å². The maximum Gasteiger partial charge on any atom is 0.0223 e. The van der Waals surface area contributed by atoms with Crippen LogP contribution in [0.5, 0.6) is 0 Å². The summed E-state index contributed by atoms with van der Waals surface area (Å²) in [4.78, 5) is 2.73. The molecule has 1 heterocycles. The molecule has 0 spiro atoms. The van der Waals surface area contributed by atoms with Crippen LogP contribution in [0.3, 0.4) is 0 Å². The first-order chi connectivity index (χ1) is 9.83. The van der Waals surface area contributed by atoms with Crippen molar-refractivity contribution < 1.29 is 0 Å². The molecule has 1 saturated heterocycles. The molecule has 0 aromatic heterocycles. The highest BCUT2D eigenvalue weighted by Crippen LogP contribution is 2.34. The second-order valence-electron chi connectivity index (χ2n) is 6.62. The van der Waals surface area contributed by atoms with Crippen molar-refractivity contribution in [2.45, 2.75) is 51.1 Å². The zero-order chi connectivity index (χ0) is 13.8. The zero-order valence-corrected chi connectivity index (χ0v) is 12.7. The van der Waals surface area contributed by atoms with Gasteiger partial charge in [-0.05, 0) is 63.6 Å². The lowest BCUT2D eigenvalue weighted by Crippen LogP contribution is -2.41. The molecule has 2 atom stereocenters. The van der Waals surface area contributed by atoms with Crippen molar-refractivity contribution in [3.8, 4) is 0 Å². The minimum absolute atomic E-state index is 0.738. The number of aryl methyl sites for hydroxylation is 1. The fourth-order valence-corrected chi connectivity index (χ4v) is 3.41. The number of rotatable bonds is 5. The van der Waals surface area contributed by atoms with Crippen molar-refractivity contribution >= 4 is 0 Å². The number of hydrogen-bond acceptors (Lipinski definition) is 2. The predicted octanol–water partition coefficient (Wildman–Crippen LogP) is 3.08. The molecule has 2 unspecified atom stereocenters. The summed E-state index contributed by atoms with van der Waals surface area (Å²) in [5, 5.41) is 3.77. The van der Waals surface area contributed by atoms with Crippen molar-refractivity contribution in [1.82, 2.24) is 10.2 Å². The number of benzene rings is 1. The molecule has 1 aliphatic heterocycles. The van der Waals surface area contributed by atoms with Gasteiger partial charge in [0.1, 0.15) is 0 Å². The van der Waals surface area contributed by atoms with Crippen molar-refractivity contribution in [1.29, 1.82) is 0 Å². The highest BCUT2D eigenvalue weighted by Gasteiger charge is 2.34. The Morgan fingerprint density at radius 1 is 1.15 bits per heavy atom. The summed E-state index contributed by atoms with van der Waals surface area (Å²) in [6.07, 6.45) is 6.69. The van der Waals surface area contributed by atoms with Gasteiger partial charge in [-0.3, -0.25) is 4.90 Å². The zero-order valence-electron chi connectivity index (χ0n) is 12.7. The summed E-state index contributed by atoms with van der Waals surface area (Å²) < 4.78 is 0. The van der Waals surface area contributed by atoms with Gasteiger partial charge in [0.25, 0.3) is 0 Å². The average molecular weight is 272 g/mol. The Labute approximate surface area is 123 Å². The molecule has 1 aliphatic carbocycles. The van der Waals surface area contributed by atoms with E-state index in [0.717, 1.165) is 18.0 Å². The summed E-state index contributed by atoms with van der Waals surface area (Å²) in [6.45, 7) is 6.12. The molecule has 3 rings (SSSR count). The van der Waals surface area contributed by atoms with Gasteiger partial charge in [0.05, 0.1) is 0 Å². The highest BCUT2D eigenvalue weighted by molar-refractivity contribution is 5.14. The minimum Gasteiger partial charge on any atom is -0.312 e. The van der Waals surface area contributed by atoms with Crippen LogP contribution in [0.15, 0.2) is 30.3 Å². The normalized spacial score (nSPS) is 28.2. The molecule has 2 aliphatic rings. The van der Waals surface area contributed by atoms with Crippen LogP contribution in [0.4, 0.5) is 0 Å². The van der Waals surface area contributed by atoms with Crippen LogP contribution in [-0.4, -0.2) is 36.6 Å².